The molecule has 6 heteroatoms. The third-order valence-corrected chi connectivity index (χ3v) is 2.62. The van der Waals surface area contributed by atoms with E-state index in [-0.39, 0.29) is 12.2 Å². The average molecular weight is 292 g/mol. The number of ether oxygens (including phenoxy) is 1. The van der Waals surface area contributed by atoms with Gasteiger partial charge in [0.25, 0.3) is 0 Å². The Morgan fingerprint density at radius 1 is 1.69 bits per heavy atom. The number of aliphatic carboxylic acids is 1. The highest BCUT2D eigenvalue weighted by atomic mass is 79.9. The van der Waals surface area contributed by atoms with Crippen LogP contribution in [0.5, 0.6) is 5.75 Å². The van der Waals surface area contributed by atoms with Crippen LogP contribution in [0.25, 0.3) is 0 Å². The molecular weight excluding hydrogens is 281 g/mol. The van der Waals surface area contributed by atoms with Crippen molar-refractivity contribution in [1.82, 2.24) is 0 Å². The number of carboxylic acid groups (broad SMARTS) is 1. The van der Waals surface area contributed by atoms with Crippen molar-refractivity contribution < 1.29 is 19.0 Å². The lowest BCUT2D eigenvalue weighted by Crippen LogP contribution is -2.32. The van der Waals surface area contributed by atoms with E-state index in [1.807, 2.05) is 0 Å². The summed E-state index contributed by atoms with van der Waals surface area (Å²) in [6.45, 7) is 0. The topological polar surface area (TPSA) is 72.5 Å². The van der Waals surface area contributed by atoms with Crippen LogP contribution < -0.4 is 10.5 Å². The number of methoxy groups -OCH3 is 1. The molecule has 16 heavy (non-hydrogen) atoms. The van der Waals surface area contributed by atoms with E-state index >= 15 is 0 Å². The number of hydrogen-bond acceptors (Lipinski definition) is 3. The first-order valence-corrected chi connectivity index (χ1v) is 5.25. The number of benzene rings is 1. The molecule has 1 unspecified atom stereocenters. The van der Waals surface area contributed by atoms with Crippen molar-refractivity contribution in [3.8, 4) is 5.75 Å². The lowest BCUT2D eigenvalue weighted by Gasteiger charge is -2.10. The van der Waals surface area contributed by atoms with Crippen LogP contribution in [0, 0.1) is 5.82 Å². The molecule has 0 saturated heterocycles. The van der Waals surface area contributed by atoms with Crippen molar-refractivity contribution in [1.29, 1.82) is 0 Å². The molecule has 1 aromatic rings. The van der Waals surface area contributed by atoms with Gasteiger partial charge in [0.05, 0.1) is 11.6 Å². The molecule has 0 heterocycles. The molecule has 0 bridgehead atoms. The first kappa shape index (κ1) is 12.9. The highest BCUT2D eigenvalue weighted by Gasteiger charge is 2.15. The molecule has 1 rings (SSSR count). The molecule has 1 atom stereocenters. The zero-order valence-electron chi connectivity index (χ0n) is 8.54. The summed E-state index contributed by atoms with van der Waals surface area (Å²) in [5.74, 6) is -1.58. The summed E-state index contributed by atoms with van der Waals surface area (Å²) in [6.07, 6.45) is 0.0643. The summed E-state index contributed by atoms with van der Waals surface area (Å²) >= 11 is 3.13. The smallest absolute Gasteiger partial charge is 0.320 e. The zero-order chi connectivity index (χ0) is 12.3. The minimum atomic E-state index is -1.12. The van der Waals surface area contributed by atoms with Gasteiger partial charge >= 0.3 is 5.97 Å². The number of hydrogen-bond donors (Lipinski definition) is 2. The lowest BCUT2D eigenvalue weighted by molar-refractivity contribution is -0.138. The van der Waals surface area contributed by atoms with Gasteiger partial charge in [0.1, 0.15) is 6.04 Å². The Morgan fingerprint density at radius 3 is 2.75 bits per heavy atom. The second-order valence-corrected chi connectivity index (χ2v) is 4.10. The minimum Gasteiger partial charge on any atom is -0.492 e. The summed E-state index contributed by atoms with van der Waals surface area (Å²) in [4.78, 5) is 10.5. The SMILES string of the molecule is COc1c(F)cc(CC(N)C(=O)O)cc1Br. The van der Waals surface area contributed by atoms with Crippen molar-refractivity contribution in [2.45, 2.75) is 12.5 Å². The van der Waals surface area contributed by atoms with E-state index in [4.69, 9.17) is 15.6 Å². The second-order valence-electron chi connectivity index (χ2n) is 3.24. The predicted octanol–water partition coefficient (Wildman–Crippen LogP) is 1.55. The summed E-state index contributed by atoms with van der Waals surface area (Å²) < 4.78 is 18.7. The van der Waals surface area contributed by atoms with Crippen LogP contribution in [0.3, 0.4) is 0 Å². The number of rotatable bonds is 4. The van der Waals surface area contributed by atoms with Crippen LogP contribution in [0.1, 0.15) is 5.56 Å². The highest BCUT2D eigenvalue weighted by molar-refractivity contribution is 9.10. The molecule has 4 nitrogen and oxygen atoms in total. The normalized spacial score (nSPS) is 12.2. The maximum Gasteiger partial charge on any atom is 0.320 e. The summed E-state index contributed by atoms with van der Waals surface area (Å²) in [7, 11) is 1.35. The van der Waals surface area contributed by atoms with Gasteiger partial charge in [-0.1, -0.05) is 0 Å². The molecule has 0 aliphatic rings. The summed E-state index contributed by atoms with van der Waals surface area (Å²) in [6, 6.07) is 1.76. The van der Waals surface area contributed by atoms with E-state index in [0.717, 1.165) is 0 Å². The molecular formula is C10H11BrFNO3. The largest absolute Gasteiger partial charge is 0.492 e. The summed E-state index contributed by atoms with van der Waals surface area (Å²) in [5.41, 5.74) is 5.85. The van der Waals surface area contributed by atoms with E-state index in [1.54, 1.807) is 6.07 Å². The van der Waals surface area contributed by atoms with Gasteiger partial charge in [0, 0.05) is 0 Å². The second kappa shape index (κ2) is 5.27. The van der Waals surface area contributed by atoms with Crippen molar-refractivity contribution in [3.63, 3.8) is 0 Å². The number of nitrogens with two attached hydrogens (primary N) is 1. The highest BCUT2D eigenvalue weighted by Crippen LogP contribution is 2.29. The van der Waals surface area contributed by atoms with Gasteiger partial charge in [-0.3, -0.25) is 4.79 Å². The number of halogens is 2. The van der Waals surface area contributed by atoms with Crippen LogP contribution in [-0.2, 0) is 11.2 Å². The van der Waals surface area contributed by atoms with Gasteiger partial charge in [-0.15, -0.1) is 0 Å². The first-order valence-electron chi connectivity index (χ1n) is 4.46. The Bertz CT molecular complexity index is 388. The van der Waals surface area contributed by atoms with Gasteiger partial charge in [0.15, 0.2) is 11.6 Å². The van der Waals surface area contributed by atoms with Gasteiger partial charge in [0.2, 0.25) is 0 Å². The van der Waals surface area contributed by atoms with Crippen LogP contribution in [0.4, 0.5) is 4.39 Å². The van der Waals surface area contributed by atoms with Gasteiger partial charge in [-0.25, -0.2) is 4.39 Å². The Hall–Kier alpha value is -1.14. The third kappa shape index (κ3) is 2.93. The molecule has 0 aliphatic heterocycles. The maximum absolute atomic E-state index is 13.4. The predicted molar refractivity (Wildman–Crippen MR) is 60.0 cm³/mol. The first-order chi connectivity index (χ1) is 7.45. The van der Waals surface area contributed by atoms with E-state index < -0.39 is 17.8 Å². The minimum absolute atomic E-state index is 0.0643. The van der Waals surface area contributed by atoms with Crippen LogP contribution in [0.2, 0.25) is 0 Å². The fourth-order valence-corrected chi connectivity index (χ4v) is 1.91. The van der Waals surface area contributed by atoms with Gasteiger partial charge in [-0.05, 0) is 40.0 Å². The Balaban J connectivity index is 2.96. The number of carboxylic acids is 1. The fraction of sp³-hybridized carbons (Fsp3) is 0.300. The van der Waals surface area contributed by atoms with Crippen molar-refractivity contribution >= 4 is 21.9 Å². The molecule has 0 spiro atoms. The quantitative estimate of drug-likeness (QED) is 0.883. The standard InChI is InChI=1S/C10H11BrFNO3/c1-16-9-6(11)2-5(3-7(9)12)4-8(13)10(14)15/h2-3,8H,4,13H2,1H3,(H,14,15). The molecule has 1 aromatic carbocycles. The Labute approximate surface area is 100 Å². The number of carbonyl (C=O) groups is 1. The van der Waals surface area contributed by atoms with Crippen molar-refractivity contribution in [3.05, 3.63) is 28.0 Å². The van der Waals surface area contributed by atoms with Crippen LogP contribution in [0.15, 0.2) is 16.6 Å². The van der Waals surface area contributed by atoms with Gasteiger partial charge < -0.3 is 15.6 Å². The monoisotopic (exact) mass is 291 g/mol. The van der Waals surface area contributed by atoms with E-state index in [2.05, 4.69) is 15.9 Å². The molecule has 0 aromatic heterocycles. The zero-order valence-corrected chi connectivity index (χ0v) is 10.1. The van der Waals surface area contributed by atoms with Crippen LogP contribution in [-0.4, -0.2) is 24.2 Å². The van der Waals surface area contributed by atoms with E-state index in [9.17, 15) is 9.18 Å². The molecule has 88 valence electrons. The third-order valence-electron chi connectivity index (χ3n) is 2.04. The maximum atomic E-state index is 13.4. The molecule has 0 saturated carbocycles. The fourth-order valence-electron chi connectivity index (χ4n) is 1.27. The Kier molecular flexibility index (Phi) is 4.26. The molecule has 3 N–H and O–H groups in total. The molecule has 0 aliphatic carbocycles. The Morgan fingerprint density at radius 2 is 2.31 bits per heavy atom. The van der Waals surface area contributed by atoms with Crippen molar-refractivity contribution in [2.24, 2.45) is 5.73 Å². The van der Waals surface area contributed by atoms with Gasteiger partial charge in [-0.2, -0.15) is 0 Å². The summed E-state index contributed by atoms with van der Waals surface area (Å²) in [5, 5.41) is 8.63. The van der Waals surface area contributed by atoms with Crippen LogP contribution >= 0.6 is 15.9 Å². The molecule has 0 amide bonds. The average Bonchev–Trinajstić information content (AvgIpc) is 2.16. The molecule has 0 fully saturated rings. The van der Waals surface area contributed by atoms with E-state index in [0.29, 0.717) is 10.0 Å². The van der Waals surface area contributed by atoms with Crippen molar-refractivity contribution in [2.75, 3.05) is 7.11 Å². The van der Waals surface area contributed by atoms with E-state index in [1.165, 1.54) is 13.2 Å². The lowest BCUT2D eigenvalue weighted by atomic mass is 10.1. The molecule has 0 radical (unpaired) electrons.